The normalized spacial score (nSPS) is 11.3. The molecule has 3 aromatic carbocycles. The maximum absolute atomic E-state index is 12.8. The van der Waals surface area contributed by atoms with E-state index in [4.69, 9.17) is 9.47 Å². The second-order valence-electron chi connectivity index (χ2n) is 8.13. The SMILES string of the molecule is CCCCCCCCOc1ccc(-c2ccc(C(=O)Oc3cccc(C(F)(F)F)c3)cc2)cc1. The number of hydrogen-bond acceptors (Lipinski definition) is 3. The Kier molecular flexibility index (Phi) is 9.14. The quantitative estimate of drug-likeness (QED) is 0.161. The molecule has 180 valence electrons. The summed E-state index contributed by atoms with van der Waals surface area (Å²) in [7, 11) is 0. The lowest BCUT2D eigenvalue weighted by atomic mass is 10.0. The molecule has 0 aliphatic rings. The van der Waals surface area contributed by atoms with Crippen molar-refractivity contribution in [3.8, 4) is 22.6 Å². The molecule has 3 nitrogen and oxygen atoms in total. The minimum atomic E-state index is -4.50. The van der Waals surface area contributed by atoms with Gasteiger partial charge >= 0.3 is 12.1 Å². The zero-order valence-electron chi connectivity index (χ0n) is 19.2. The molecular weight excluding hydrogens is 441 g/mol. The van der Waals surface area contributed by atoms with Gasteiger partial charge in [0, 0.05) is 0 Å². The predicted octanol–water partition coefficient (Wildman–Crippen LogP) is 8.33. The van der Waals surface area contributed by atoms with E-state index in [1.807, 2.05) is 24.3 Å². The molecule has 3 rings (SSSR count). The van der Waals surface area contributed by atoms with E-state index in [0.29, 0.717) is 6.61 Å². The number of carbonyl (C=O) groups is 1. The van der Waals surface area contributed by atoms with Crippen molar-refractivity contribution in [2.75, 3.05) is 6.61 Å². The fourth-order valence-corrected chi connectivity index (χ4v) is 3.52. The first-order chi connectivity index (χ1) is 16.4. The second-order valence-corrected chi connectivity index (χ2v) is 8.13. The van der Waals surface area contributed by atoms with Gasteiger partial charge in [0.1, 0.15) is 11.5 Å². The first kappa shape index (κ1) is 25.3. The molecule has 3 aromatic rings. The van der Waals surface area contributed by atoms with Crippen LogP contribution in [0.15, 0.2) is 72.8 Å². The number of alkyl halides is 3. The largest absolute Gasteiger partial charge is 0.494 e. The van der Waals surface area contributed by atoms with Crippen molar-refractivity contribution in [3.63, 3.8) is 0 Å². The summed E-state index contributed by atoms with van der Waals surface area (Å²) in [6.07, 6.45) is 2.80. The van der Waals surface area contributed by atoms with Crippen LogP contribution in [0.4, 0.5) is 13.2 Å². The van der Waals surface area contributed by atoms with E-state index in [9.17, 15) is 18.0 Å². The summed E-state index contributed by atoms with van der Waals surface area (Å²) < 4.78 is 49.4. The van der Waals surface area contributed by atoms with Crippen LogP contribution in [0.25, 0.3) is 11.1 Å². The highest BCUT2D eigenvalue weighted by atomic mass is 19.4. The molecule has 0 N–H and O–H groups in total. The summed E-state index contributed by atoms with van der Waals surface area (Å²) in [5, 5.41) is 0. The predicted molar refractivity (Wildman–Crippen MR) is 127 cm³/mol. The first-order valence-electron chi connectivity index (χ1n) is 11.6. The molecule has 6 heteroatoms. The van der Waals surface area contributed by atoms with E-state index in [1.165, 1.54) is 44.2 Å². The van der Waals surface area contributed by atoms with Gasteiger partial charge in [0.05, 0.1) is 17.7 Å². The molecule has 0 amide bonds. The summed E-state index contributed by atoms with van der Waals surface area (Å²) in [6, 6.07) is 18.7. The Balaban J connectivity index is 1.52. The maximum Gasteiger partial charge on any atom is 0.416 e. The summed E-state index contributed by atoms with van der Waals surface area (Å²) in [6.45, 7) is 2.91. The fourth-order valence-electron chi connectivity index (χ4n) is 3.52. The van der Waals surface area contributed by atoms with Crippen LogP contribution < -0.4 is 9.47 Å². The highest BCUT2D eigenvalue weighted by molar-refractivity contribution is 5.91. The topological polar surface area (TPSA) is 35.5 Å². The highest BCUT2D eigenvalue weighted by Crippen LogP contribution is 2.31. The van der Waals surface area contributed by atoms with Crippen molar-refractivity contribution in [1.82, 2.24) is 0 Å². The molecule has 0 saturated heterocycles. The third-order valence-corrected chi connectivity index (χ3v) is 5.45. The van der Waals surface area contributed by atoms with Crippen LogP contribution in [0.3, 0.4) is 0 Å². The van der Waals surface area contributed by atoms with E-state index in [1.54, 1.807) is 24.3 Å². The molecule has 0 heterocycles. The molecule has 0 atom stereocenters. The molecule has 0 unspecified atom stereocenters. The molecule has 0 saturated carbocycles. The molecule has 0 radical (unpaired) electrons. The molecular formula is C28H29F3O3. The molecule has 0 bridgehead atoms. The number of benzene rings is 3. The van der Waals surface area contributed by atoms with Gasteiger partial charge in [-0.3, -0.25) is 0 Å². The van der Waals surface area contributed by atoms with Gasteiger partial charge in [-0.25, -0.2) is 4.79 Å². The summed E-state index contributed by atoms with van der Waals surface area (Å²) >= 11 is 0. The summed E-state index contributed by atoms with van der Waals surface area (Å²) in [5.74, 6) is -0.0524. The van der Waals surface area contributed by atoms with E-state index in [-0.39, 0.29) is 11.3 Å². The maximum atomic E-state index is 12.8. The van der Waals surface area contributed by atoms with Crippen LogP contribution in [0.5, 0.6) is 11.5 Å². The van der Waals surface area contributed by atoms with E-state index >= 15 is 0 Å². The minimum absolute atomic E-state index is 0.152. The Labute approximate surface area is 198 Å². The first-order valence-corrected chi connectivity index (χ1v) is 11.6. The third kappa shape index (κ3) is 7.65. The second kappa shape index (κ2) is 12.3. The number of hydrogen-bond donors (Lipinski definition) is 0. The van der Waals surface area contributed by atoms with Crippen LogP contribution in [0, 0.1) is 0 Å². The van der Waals surface area contributed by atoms with Gasteiger partial charge in [-0.05, 0) is 60.0 Å². The minimum Gasteiger partial charge on any atom is -0.494 e. The Bertz CT molecular complexity index is 1040. The van der Waals surface area contributed by atoms with E-state index in [2.05, 4.69) is 6.92 Å². The molecule has 0 spiro atoms. The van der Waals surface area contributed by atoms with E-state index < -0.39 is 17.7 Å². The van der Waals surface area contributed by atoms with Crippen molar-refractivity contribution >= 4 is 5.97 Å². The standard InChI is InChI=1S/C28H29F3O3/c1-2-3-4-5-6-7-19-33-25-17-15-22(16-18-25)21-11-13-23(14-12-21)27(32)34-26-10-8-9-24(20-26)28(29,30)31/h8-18,20H,2-7,19H2,1H3. The third-order valence-electron chi connectivity index (χ3n) is 5.45. The lowest BCUT2D eigenvalue weighted by Crippen LogP contribution is -2.10. The van der Waals surface area contributed by atoms with Crippen LogP contribution >= 0.6 is 0 Å². The van der Waals surface area contributed by atoms with Gasteiger partial charge in [0.25, 0.3) is 0 Å². The van der Waals surface area contributed by atoms with Gasteiger partial charge in [-0.15, -0.1) is 0 Å². The highest BCUT2D eigenvalue weighted by Gasteiger charge is 2.30. The zero-order valence-corrected chi connectivity index (χ0v) is 19.2. The van der Waals surface area contributed by atoms with Crippen LogP contribution in [0.1, 0.15) is 61.4 Å². The van der Waals surface area contributed by atoms with E-state index in [0.717, 1.165) is 35.4 Å². The Hall–Kier alpha value is -3.28. The Morgan fingerprint density at radius 1 is 0.765 bits per heavy atom. The fraction of sp³-hybridized carbons (Fsp3) is 0.321. The smallest absolute Gasteiger partial charge is 0.416 e. The van der Waals surface area contributed by atoms with Gasteiger partial charge in [-0.1, -0.05) is 69.4 Å². The molecule has 0 aromatic heterocycles. The van der Waals surface area contributed by atoms with Crippen molar-refractivity contribution in [2.45, 2.75) is 51.6 Å². The van der Waals surface area contributed by atoms with Crippen molar-refractivity contribution < 1.29 is 27.4 Å². The van der Waals surface area contributed by atoms with Gasteiger partial charge < -0.3 is 9.47 Å². The Morgan fingerprint density at radius 3 is 2.03 bits per heavy atom. The lowest BCUT2D eigenvalue weighted by Gasteiger charge is -2.10. The zero-order chi connectivity index (χ0) is 24.4. The van der Waals surface area contributed by atoms with Crippen molar-refractivity contribution in [1.29, 1.82) is 0 Å². The van der Waals surface area contributed by atoms with Crippen LogP contribution in [-0.4, -0.2) is 12.6 Å². The van der Waals surface area contributed by atoms with Crippen molar-refractivity contribution in [3.05, 3.63) is 83.9 Å². The number of halogens is 3. The van der Waals surface area contributed by atoms with Crippen LogP contribution in [0.2, 0.25) is 0 Å². The van der Waals surface area contributed by atoms with Gasteiger partial charge in [0.2, 0.25) is 0 Å². The average Bonchev–Trinajstić information content (AvgIpc) is 2.84. The average molecular weight is 471 g/mol. The summed E-state index contributed by atoms with van der Waals surface area (Å²) in [5.41, 5.74) is 1.25. The molecule has 0 fully saturated rings. The number of unbranched alkanes of at least 4 members (excludes halogenated alkanes) is 5. The molecule has 34 heavy (non-hydrogen) atoms. The molecule has 0 aliphatic heterocycles. The number of ether oxygens (including phenoxy) is 2. The Morgan fingerprint density at radius 2 is 1.38 bits per heavy atom. The monoisotopic (exact) mass is 470 g/mol. The van der Waals surface area contributed by atoms with Gasteiger partial charge in [0.15, 0.2) is 0 Å². The number of esters is 1. The lowest BCUT2D eigenvalue weighted by molar-refractivity contribution is -0.137. The number of carbonyl (C=O) groups excluding carboxylic acids is 1. The number of rotatable bonds is 11. The summed E-state index contributed by atoms with van der Waals surface area (Å²) in [4.78, 5) is 12.3. The van der Waals surface area contributed by atoms with Crippen LogP contribution in [-0.2, 0) is 6.18 Å². The van der Waals surface area contributed by atoms with Crippen molar-refractivity contribution in [2.24, 2.45) is 0 Å². The molecule has 0 aliphatic carbocycles. The van der Waals surface area contributed by atoms with Gasteiger partial charge in [-0.2, -0.15) is 13.2 Å².